The summed E-state index contributed by atoms with van der Waals surface area (Å²) in [6.07, 6.45) is 5.12. The number of hydrogen-bond acceptors (Lipinski definition) is 8. The Labute approximate surface area is 127 Å². The van der Waals surface area contributed by atoms with Gasteiger partial charge in [0.15, 0.2) is 5.82 Å². The second-order valence-corrected chi connectivity index (χ2v) is 4.88. The van der Waals surface area contributed by atoms with Gasteiger partial charge in [-0.1, -0.05) is 0 Å². The van der Waals surface area contributed by atoms with E-state index in [2.05, 4.69) is 30.8 Å². The molecular weight excluding hydrogens is 286 g/mol. The summed E-state index contributed by atoms with van der Waals surface area (Å²) in [4.78, 5) is 13.5. The average Bonchev–Trinajstić information content (AvgIpc) is 3.09. The van der Waals surface area contributed by atoms with E-state index < -0.39 is 0 Å². The number of nitrogens with zero attached hydrogens (tertiary/aromatic N) is 4. The number of aliphatic hydroxyl groups excluding tert-OH is 1. The minimum absolute atomic E-state index is 0.195. The quantitative estimate of drug-likeness (QED) is 0.171. The van der Waals surface area contributed by atoms with E-state index in [1.165, 1.54) is 6.33 Å². The van der Waals surface area contributed by atoms with E-state index in [9.17, 15) is 5.11 Å². The number of aliphatic hydroxyl groups is 1. The molecule has 3 rings (SSSR count). The summed E-state index contributed by atoms with van der Waals surface area (Å²) >= 11 is 0. The van der Waals surface area contributed by atoms with Gasteiger partial charge in [-0.2, -0.15) is 5.10 Å². The lowest BCUT2D eigenvalue weighted by molar-refractivity contribution is 0.175. The number of fused-ring (bicyclic) bond motifs is 1. The third kappa shape index (κ3) is 3.81. The summed E-state index contributed by atoms with van der Waals surface area (Å²) in [5, 5.41) is 12.6. The molecule has 120 valence electrons. The molecule has 0 amide bonds. The van der Waals surface area contributed by atoms with Crippen LogP contribution in [0.2, 0.25) is 0 Å². The molecule has 1 unspecified atom stereocenters. The summed E-state index contributed by atoms with van der Waals surface area (Å²) in [6.45, 7) is 2.44. The smallest absolute Gasteiger partial charge is 0.151 e. The van der Waals surface area contributed by atoms with Crippen molar-refractivity contribution in [2.24, 2.45) is 16.7 Å². The SMILES string of the molecule is N/C=N\NN.Nc1ncnc2c(CN3CCC(O)C3)c[nH]c12. The zero-order valence-electron chi connectivity index (χ0n) is 12.1. The molecule has 0 saturated carbocycles. The van der Waals surface area contributed by atoms with Gasteiger partial charge in [-0.15, -0.1) is 0 Å². The molecule has 10 nitrogen and oxygen atoms in total. The van der Waals surface area contributed by atoms with Crippen LogP contribution < -0.4 is 22.8 Å². The fourth-order valence-electron chi connectivity index (χ4n) is 2.37. The first-order valence-corrected chi connectivity index (χ1v) is 6.81. The number of β-amino-alcohol motifs (C(OH)–C–C–N with tert-alkyl or cyclic N) is 1. The molecule has 1 aliphatic heterocycles. The number of hydrazone groups is 1. The first kappa shape index (κ1) is 15.9. The molecule has 9 N–H and O–H groups in total. The lowest BCUT2D eigenvalue weighted by Gasteiger charge is -2.13. The molecule has 1 atom stereocenters. The summed E-state index contributed by atoms with van der Waals surface area (Å²) < 4.78 is 0. The molecule has 0 aromatic carbocycles. The van der Waals surface area contributed by atoms with Gasteiger partial charge in [0, 0.05) is 31.4 Å². The highest BCUT2D eigenvalue weighted by atomic mass is 16.3. The van der Waals surface area contributed by atoms with Crippen molar-refractivity contribution >= 4 is 23.2 Å². The summed E-state index contributed by atoms with van der Waals surface area (Å²) in [5.74, 6) is 5.09. The van der Waals surface area contributed by atoms with Crippen LogP contribution in [0.3, 0.4) is 0 Å². The molecule has 0 bridgehead atoms. The van der Waals surface area contributed by atoms with Crippen molar-refractivity contribution in [3.8, 4) is 0 Å². The molecule has 0 aliphatic carbocycles. The van der Waals surface area contributed by atoms with E-state index in [-0.39, 0.29) is 6.10 Å². The summed E-state index contributed by atoms with van der Waals surface area (Å²) in [5.41, 5.74) is 15.2. The number of nitrogen functional groups attached to an aromatic ring is 1. The van der Waals surface area contributed by atoms with Crippen molar-refractivity contribution < 1.29 is 5.11 Å². The Morgan fingerprint density at radius 1 is 1.55 bits per heavy atom. The van der Waals surface area contributed by atoms with E-state index in [1.807, 2.05) is 11.7 Å². The van der Waals surface area contributed by atoms with E-state index in [1.54, 1.807) is 0 Å². The number of anilines is 1. The fourth-order valence-corrected chi connectivity index (χ4v) is 2.37. The number of hydrazine groups is 1. The predicted octanol–water partition coefficient (Wildman–Crippen LogP) is -1.54. The Morgan fingerprint density at radius 2 is 2.36 bits per heavy atom. The van der Waals surface area contributed by atoms with Crippen LogP contribution in [0, 0.1) is 0 Å². The number of aromatic nitrogens is 3. The lowest BCUT2D eigenvalue weighted by atomic mass is 10.2. The first-order valence-electron chi connectivity index (χ1n) is 6.81. The van der Waals surface area contributed by atoms with Crippen LogP contribution in [-0.4, -0.2) is 50.5 Å². The maximum Gasteiger partial charge on any atom is 0.151 e. The molecular formula is C12H21N9O. The van der Waals surface area contributed by atoms with Crippen LogP contribution in [-0.2, 0) is 6.54 Å². The molecule has 1 saturated heterocycles. The molecule has 1 aliphatic rings. The van der Waals surface area contributed by atoms with Gasteiger partial charge in [-0.25, -0.2) is 21.3 Å². The van der Waals surface area contributed by atoms with Gasteiger partial charge in [-0.3, -0.25) is 4.90 Å². The Balaban J connectivity index is 0.000000309. The zero-order valence-corrected chi connectivity index (χ0v) is 12.1. The fraction of sp³-hybridized carbons (Fsp3) is 0.417. The third-order valence-electron chi connectivity index (χ3n) is 3.36. The minimum Gasteiger partial charge on any atom is -0.392 e. The van der Waals surface area contributed by atoms with Gasteiger partial charge in [0.1, 0.15) is 18.2 Å². The normalized spacial score (nSPS) is 18.5. The van der Waals surface area contributed by atoms with Crippen molar-refractivity contribution in [3.63, 3.8) is 0 Å². The van der Waals surface area contributed by atoms with E-state index >= 15 is 0 Å². The van der Waals surface area contributed by atoms with Crippen molar-refractivity contribution in [3.05, 3.63) is 18.1 Å². The molecule has 10 heteroatoms. The number of rotatable bonds is 3. The van der Waals surface area contributed by atoms with Crippen LogP contribution in [0.5, 0.6) is 0 Å². The van der Waals surface area contributed by atoms with Gasteiger partial charge in [0.2, 0.25) is 0 Å². The van der Waals surface area contributed by atoms with Gasteiger partial charge >= 0.3 is 0 Å². The maximum absolute atomic E-state index is 9.49. The van der Waals surface area contributed by atoms with Crippen molar-refractivity contribution in [2.75, 3.05) is 18.8 Å². The average molecular weight is 307 g/mol. The molecule has 2 aromatic heterocycles. The van der Waals surface area contributed by atoms with Crippen LogP contribution in [0.15, 0.2) is 17.6 Å². The monoisotopic (exact) mass is 307 g/mol. The Kier molecular flexibility index (Phi) is 5.47. The second kappa shape index (κ2) is 7.54. The predicted molar refractivity (Wildman–Crippen MR) is 84.2 cm³/mol. The lowest BCUT2D eigenvalue weighted by Crippen LogP contribution is -2.21. The third-order valence-corrected chi connectivity index (χ3v) is 3.36. The number of nitrogens with one attached hydrogen (secondary N) is 2. The van der Waals surface area contributed by atoms with Crippen LogP contribution >= 0.6 is 0 Å². The first-order chi connectivity index (χ1) is 10.7. The molecule has 1 fully saturated rings. The molecule has 0 spiro atoms. The molecule has 3 heterocycles. The zero-order chi connectivity index (χ0) is 15.9. The highest BCUT2D eigenvalue weighted by molar-refractivity contribution is 5.86. The topological polar surface area (TPSA) is 167 Å². The van der Waals surface area contributed by atoms with E-state index in [4.69, 9.17) is 11.5 Å². The number of nitrogens with two attached hydrogens (primary N) is 3. The molecule has 2 aromatic rings. The van der Waals surface area contributed by atoms with Crippen molar-refractivity contribution in [1.29, 1.82) is 0 Å². The van der Waals surface area contributed by atoms with Crippen LogP contribution in [0.1, 0.15) is 12.0 Å². The Hall–Kier alpha value is -2.43. The van der Waals surface area contributed by atoms with Gasteiger partial charge in [-0.05, 0) is 6.42 Å². The standard InChI is InChI=1S/C11H15N5O.CH6N4/c12-11-10-9(14-6-15-11)7(3-13-10)4-16-2-1-8(17)5-16;2-1-4-5-3/h3,6,8,13,17H,1-2,4-5H2,(H2,12,14,15);1,5H,3H2,(H2,2,4). The van der Waals surface area contributed by atoms with Crippen LogP contribution in [0.25, 0.3) is 11.0 Å². The van der Waals surface area contributed by atoms with Crippen LogP contribution in [0.4, 0.5) is 5.82 Å². The van der Waals surface area contributed by atoms with E-state index in [0.29, 0.717) is 5.82 Å². The van der Waals surface area contributed by atoms with Gasteiger partial charge in [0.05, 0.1) is 11.6 Å². The van der Waals surface area contributed by atoms with E-state index in [0.717, 1.165) is 49.0 Å². The highest BCUT2D eigenvalue weighted by Crippen LogP contribution is 2.22. The summed E-state index contributed by atoms with van der Waals surface area (Å²) in [7, 11) is 0. The molecule has 22 heavy (non-hydrogen) atoms. The number of H-pyrrole nitrogens is 1. The Morgan fingerprint density at radius 3 is 2.95 bits per heavy atom. The largest absolute Gasteiger partial charge is 0.392 e. The van der Waals surface area contributed by atoms with Gasteiger partial charge < -0.3 is 21.6 Å². The number of aromatic amines is 1. The minimum atomic E-state index is -0.195. The maximum atomic E-state index is 9.49. The van der Waals surface area contributed by atoms with Crippen molar-refractivity contribution in [1.82, 2.24) is 25.4 Å². The number of hydrogen-bond donors (Lipinski definition) is 6. The summed E-state index contributed by atoms with van der Waals surface area (Å²) in [6, 6.07) is 0. The Bertz CT molecular complexity index is 626. The highest BCUT2D eigenvalue weighted by Gasteiger charge is 2.21. The second-order valence-electron chi connectivity index (χ2n) is 4.88. The van der Waals surface area contributed by atoms with Gasteiger partial charge in [0.25, 0.3) is 0 Å². The van der Waals surface area contributed by atoms with Crippen molar-refractivity contribution in [2.45, 2.75) is 19.1 Å². The molecule has 0 radical (unpaired) electrons. The number of likely N-dealkylation sites (tertiary alicyclic amines) is 1.